The first-order chi connectivity index (χ1) is 9.54. The molecule has 0 atom stereocenters. The van der Waals surface area contributed by atoms with Gasteiger partial charge in [0.25, 0.3) is 0 Å². The van der Waals surface area contributed by atoms with Crippen LogP contribution >= 0.6 is 11.6 Å². The van der Waals surface area contributed by atoms with Gasteiger partial charge in [0.1, 0.15) is 5.75 Å². The molecule has 1 N–H and O–H groups in total. The number of halogens is 1. The molecule has 0 fully saturated rings. The number of ether oxygens (including phenoxy) is 1. The van der Waals surface area contributed by atoms with Gasteiger partial charge in [-0.3, -0.25) is 0 Å². The van der Waals surface area contributed by atoms with E-state index in [1.54, 1.807) is 36.4 Å². The second kappa shape index (κ2) is 6.26. The summed E-state index contributed by atoms with van der Waals surface area (Å²) < 4.78 is 31.9. The Morgan fingerprint density at radius 1 is 1.10 bits per heavy atom. The molecule has 0 aliphatic rings. The maximum atomic E-state index is 12.1. The SMILES string of the molecule is COc1cccc(Cl)c1CNS(=O)(=O)c1ccccc1. The summed E-state index contributed by atoms with van der Waals surface area (Å²) in [5, 5.41) is 0.458. The molecule has 0 aliphatic carbocycles. The minimum atomic E-state index is -3.56. The van der Waals surface area contributed by atoms with Gasteiger partial charge in [0, 0.05) is 17.1 Å². The first-order valence-corrected chi connectivity index (χ1v) is 7.77. The van der Waals surface area contributed by atoms with Crippen LogP contribution in [0.5, 0.6) is 5.75 Å². The Balaban J connectivity index is 2.21. The van der Waals surface area contributed by atoms with E-state index in [9.17, 15) is 8.42 Å². The third-order valence-electron chi connectivity index (χ3n) is 2.79. The van der Waals surface area contributed by atoms with E-state index in [1.165, 1.54) is 19.2 Å². The number of nitrogens with one attached hydrogen (secondary N) is 1. The van der Waals surface area contributed by atoms with Crippen LogP contribution in [0.1, 0.15) is 5.56 Å². The lowest BCUT2D eigenvalue weighted by Crippen LogP contribution is -2.23. The molecule has 0 saturated carbocycles. The van der Waals surface area contributed by atoms with E-state index in [-0.39, 0.29) is 11.4 Å². The quantitative estimate of drug-likeness (QED) is 0.924. The second-order valence-electron chi connectivity index (χ2n) is 4.06. The van der Waals surface area contributed by atoms with Crippen molar-refractivity contribution in [2.45, 2.75) is 11.4 Å². The molecule has 20 heavy (non-hydrogen) atoms. The van der Waals surface area contributed by atoms with E-state index in [2.05, 4.69) is 4.72 Å². The average molecular weight is 312 g/mol. The van der Waals surface area contributed by atoms with Gasteiger partial charge in [0.15, 0.2) is 0 Å². The van der Waals surface area contributed by atoms with E-state index < -0.39 is 10.0 Å². The third kappa shape index (κ3) is 3.30. The monoisotopic (exact) mass is 311 g/mol. The number of hydrogen-bond donors (Lipinski definition) is 1. The summed E-state index contributed by atoms with van der Waals surface area (Å²) in [4.78, 5) is 0.214. The first-order valence-electron chi connectivity index (χ1n) is 5.90. The van der Waals surface area contributed by atoms with Gasteiger partial charge in [0.2, 0.25) is 10.0 Å². The molecule has 0 radical (unpaired) electrons. The molecular formula is C14H14ClNO3S. The summed E-state index contributed by atoms with van der Waals surface area (Å²) in [5.74, 6) is 0.549. The normalized spacial score (nSPS) is 11.3. The maximum Gasteiger partial charge on any atom is 0.240 e. The van der Waals surface area contributed by atoms with Gasteiger partial charge in [-0.05, 0) is 24.3 Å². The zero-order valence-electron chi connectivity index (χ0n) is 10.8. The van der Waals surface area contributed by atoms with Gasteiger partial charge >= 0.3 is 0 Å². The van der Waals surface area contributed by atoms with Crippen LogP contribution in [0.3, 0.4) is 0 Å². The molecule has 0 unspecified atom stereocenters. The highest BCUT2D eigenvalue weighted by atomic mass is 35.5. The third-order valence-corrected chi connectivity index (χ3v) is 4.56. The van der Waals surface area contributed by atoms with E-state index in [1.807, 2.05) is 0 Å². The summed E-state index contributed by atoms with van der Waals surface area (Å²) in [6.45, 7) is 0.0695. The van der Waals surface area contributed by atoms with E-state index >= 15 is 0 Å². The van der Waals surface area contributed by atoms with Crippen molar-refractivity contribution in [3.63, 3.8) is 0 Å². The van der Waals surface area contributed by atoms with Gasteiger partial charge in [0.05, 0.1) is 12.0 Å². The van der Waals surface area contributed by atoms with Crippen molar-refractivity contribution in [2.24, 2.45) is 0 Å². The number of rotatable bonds is 5. The second-order valence-corrected chi connectivity index (χ2v) is 6.23. The molecule has 106 valence electrons. The number of hydrogen-bond acceptors (Lipinski definition) is 3. The molecule has 2 aromatic rings. The Kier molecular flexibility index (Phi) is 4.65. The predicted molar refractivity (Wildman–Crippen MR) is 78.5 cm³/mol. The molecule has 0 aliphatic heterocycles. The Labute approximate surface area is 123 Å². The summed E-state index contributed by atoms with van der Waals surface area (Å²) in [5.41, 5.74) is 0.608. The van der Waals surface area contributed by atoms with E-state index in [0.29, 0.717) is 16.3 Å². The molecule has 0 heterocycles. The van der Waals surface area contributed by atoms with E-state index in [4.69, 9.17) is 16.3 Å². The average Bonchev–Trinajstić information content (AvgIpc) is 2.46. The molecule has 6 heteroatoms. The number of methoxy groups -OCH3 is 1. The smallest absolute Gasteiger partial charge is 0.240 e. The molecule has 0 amide bonds. The standard InChI is InChI=1S/C14H14ClNO3S/c1-19-14-9-5-8-13(15)12(14)10-16-20(17,18)11-6-3-2-4-7-11/h2-9,16H,10H2,1H3. The summed E-state index contributed by atoms with van der Waals surface area (Å²) in [7, 11) is -2.05. The summed E-state index contributed by atoms with van der Waals surface area (Å²) in [6.07, 6.45) is 0. The van der Waals surface area contributed by atoms with Crippen molar-refractivity contribution in [2.75, 3.05) is 7.11 Å². The molecule has 4 nitrogen and oxygen atoms in total. The molecule has 0 aromatic heterocycles. The predicted octanol–water partition coefficient (Wildman–Crippen LogP) is 2.83. The van der Waals surface area contributed by atoms with Crippen molar-refractivity contribution in [3.05, 3.63) is 59.1 Å². The van der Waals surface area contributed by atoms with Crippen molar-refractivity contribution in [1.82, 2.24) is 4.72 Å². The highest BCUT2D eigenvalue weighted by molar-refractivity contribution is 7.89. The largest absolute Gasteiger partial charge is 0.496 e. The summed E-state index contributed by atoms with van der Waals surface area (Å²) in [6, 6.07) is 13.3. The zero-order chi connectivity index (χ0) is 14.6. The minimum absolute atomic E-state index is 0.0695. The van der Waals surface area contributed by atoms with Crippen LogP contribution in [0.15, 0.2) is 53.4 Å². The molecular weight excluding hydrogens is 298 g/mol. The molecule has 0 spiro atoms. The lowest BCUT2D eigenvalue weighted by atomic mass is 10.2. The minimum Gasteiger partial charge on any atom is -0.496 e. The van der Waals surface area contributed by atoms with Crippen LogP contribution in [0.25, 0.3) is 0 Å². The number of sulfonamides is 1. The van der Waals surface area contributed by atoms with Gasteiger partial charge in [-0.25, -0.2) is 13.1 Å². The van der Waals surface area contributed by atoms with Gasteiger partial charge in [-0.1, -0.05) is 35.9 Å². The van der Waals surface area contributed by atoms with Crippen molar-refractivity contribution >= 4 is 21.6 Å². The molecule has 0 bridgehead atoms. The molecule has 2 aromatic carbocycles. The van der Waals surface area contributed by atoms with Crippen LogP contribution in [0.4, 0.5) is 0 Å². The lowest BCUT2D eigenvalue weighted by molar-refractivity contribution is 0.409. The van der Waals surface area contributed by atoms with Crippen molar-refractivity contribution < 1.29 is 13.2 Å². The summed E-state index contributed by atoms with van der Waals surface area (Å²) >= 11 is 6.07. The zero-order valence-corrected chi connectivity index (χ0v) is 12.4. The van der Waals surface area contributed by atoms with Crippen LogP contribution in [0, 0.1) is 0 Å². The molecule has 0 saturated heterocycles. The van der Waals surface area contributed by atoms with Crippen LogP contribution in [-0.4, -0.2) is 15.5 Å². The van der Waals surface area contributed by atoms with Crippen LogP contribution in [-0.2, 0) is 16.6 Å². The fourth-order valence-electron chi connectivity index (χ4n) is 1.75. The fraction of sp³-hybridized carbons (Fsp3) is 0.143. The van der Waals surface area contributed by atoms with Crippen molar-refractivity contribution in [3.8, 4) is 5.75 Å². The van der Waals surface area contributed by atoms with Crippen LogP contribution < -0.4 is 9.46 Å². The Bertz CT molecular complexity index is 687. The highest BCUT2D eigenvalue weighted by Gasteiger charge is 2.15. The van der Waals surface area contributed by atoms with Gasteiger partial charge in [-0.2, -0.15) is 0 Å². The van der Waals surface area contributed by atoms with Gasteiger partial charge < -0.3 is 4.74 Å². The Morgan fingerprint density at radius 3 is 2.45 bits per heavy atom. The highest BCUT2D eigenvalue weighted by Crippen LogP contribution is 2.26. The topological polar surface area (TPSA) is 55.4 Å². The van der Waals surface area contributed by atoms with Crippen LogP contribution in [0.2, 0.25) is 5.02 Å². The molecule has 2 rings (SSSR count). The fourth-order valence-corrected chi connectivity index (χ4v) is 3.00. The lowest BCUT2D eigenvalue weighted by Gasteiger charge is -2.11. The first kappa shape index (κ1) is 14.8. The van der Waals surface area contributed by atoms with Gasteiger partial charge in [-0.15, -0.1) is 0 Å². The maximum absolute atomic E-state index is 12.1. The van der Waals surface area contributed by atoms with E-state index in [0.717, 1.165) is 0 Å². The Morgan fingerprint density at radius 2 is 1.80 bits per heavy atom. The van der Waals surface area contributed by atoms with Crippen molar-refractivity contribution in [1.29, 1.82) is 0 Å². The number of benzene rings is 2. The Hall–Kier alpha value is -1.56.